The van der Waals surface area contributed by atoms with Gasteiger partial charge in [0.1, 0.15) is 4.90 Å². The number of para-hydroxylation sites is 1. The van der Waals surface area contributed by atoms with E-state index >= 15 is 0 Å². The molecule has 0 aliphatic heterocycles. The van der Waals surface area contributed by atoms with Crippen molar-refractivity contribution < 1.29 is 8.42 Å². The Balaban J connectivity index is 1.83. The highest BCUT2D eigenvalue weighted by Crippen LogP contribution is 2.27. The average Bonchev–Trinajstić information content (AvgIpc) is 2.89. The van der Waals surface area contributed by atoms with Gasteiger partial charge in [0.05, 0.1) is 17.1 Å². The first-order chi connectivity index (χ1) is 12.8. The normalized spacial score (nSPS) is 16.0. The second-order valence-corrected chi connectivity index (χ2v) is 9.21. The zero-order valence-corrected chi connectivity index (χ0v) is 17.5. The van der Waals surface area contributed by atoms with E-state index < -0.39 is 10.0 Å². The van der Waals surface area contributed by atoms with Gasteiger partial charge in [0.15, 0.2) is 0 Å². The molecular formula is C20H30N4O2S. The predicted molar refractivity (Wildman–Crippen MR) is 108 cm³/mol. The van der Waals surface area contributed by atoms with Crippen LogP contribution in [0.2, 0.25) is 0 Å². The lowest BCUT2D eigenvalue weighted by molar-refractivity contribution is 0.185. The summed E-state index contributed by atoms with van der Waals surface area (Å²) in [6.45, 7) is 4.23. The predicted octanol–water partition coefficient (Wildman–Crippen LogP) is 3.60. The number of aryl methyl sites for hydroxylation is 2. The number of rotatable bonds is 6. The molecular weight excluding hydrogens is 360 g/mol. The Labute approximate surface area is 162 Å². The van der Waals surface area contributed by atoms with Gasteiger partial charge < -0.3 is 0 Å². The molecule has 3 rings (SSSR count). The number of aromatic nitrogens is 2. The maximum Gasteiger partial charge on any atom is 0.265 e. The number of nitrogens with one attached hydrogen (secondary N) is 1. The third-order valence-corrected chi connectivity index (χ3v) is 7.21. The van der Waals surface area contributed by atoms with E-state index in [9.17, 15) is 8.42 Å². The average molecular weight is 391 g/mol. The van der Waals surface area contributed by atoms with Crippen LogP contribution in [0.5, 0.6) is 0 Å². The Morgan fingerprint density at radius 3 is 2.48 bits per heavy atom. The molecule has 0 atom stereocenters. The summed E-state index contributed by atoms with van der Waals surface area (Å²) in [7, 11) is 0.205. The van der Waals surface area contributed by atoms with E-state index in [1.807, 2.05) is 24.3 Å². The summed E-state index contributed by atoms with van der Waals surface area (Å²) in [6, 6.07) is 8.24. The molecule has 0 spiro atoms. The van der Waals surface area contributed by atoms with Crippen molar-refractivity contribution in [2.45, 2.75) is 63.4 Å². The highest BCUT2D eigenvalue weighted by Gasteiger charge is 2.25. The van der Waals surface area contributed by atoms with Crippen molar-refractivity contribution in [1.29, 1.82) is 0 Å². The second kappa shape index (κ2) is 8.02. The molecule has 1 N–H and O–H groups in total. The summed E-state index contributed by atoms with van der Waals surface area (Å²) in [6.07, 6.45) is 6.33. The Morgan fingerprint density at radius 1 is 1.19 bits per heavy atom. The summed E-state index contributed by atoms with van der Waals surface area (Å²) in [5.74, 6) is 0. The largest absolute Gasteiger partial charge is 0.299 e. The Morgan fingerprint density at radius 2 is 1.85 bits per heavy atom. The first-order valence-electron chi connectivity index (χ1n) is 9.61. The van der Waals surface area contributed by atoms with E-state index in [1.165, 1.54) is 32.1 Å². The number of nitrogens with zero attached hydrogens (tertiary/aromatic N) is 3. The van der Waals surface area contributed by atoms with Crippen LogP contribution in [0, 0.1) is 13.8 Å². The van der Waals surface area contributed by atoms with Crippen molar-refractivity contribution in [3.63, 3.8) is 0 Å². The topological polar surface area (TPSA) is 67.2 Å². The summed E-state index contributed by atoms with van der Waals surface area (Å²) in [5.41, 5.74) is 2.78. The van der Waals surface area contributed by atoms with Gasteiger partial charge in [-0.05, 0) is 45.4 Å². The van der Waals surface area contributed by atoms with Crippen LogP contribution in [0.3, 0.4) is 0 Å². The zero-order valence-electron chi connectivity index (χ0n) is 16.7. The molecule has 0 radical (unpaired) electrons. The van der Waals surface area contributed by atoms with E-state index in [-0.39, 0.29) is 4.90 Å². The van der Waals surface area contributed by atoms with Crippen molar-refractivity contribution in [3.8, 4) is 0 Å². The molecule has 1 aromatic heterocycles. The van der Waals surface area contributed by atoms with Gasteiger partial charge in [-0.1, -0.05) is 37.5 Å². The Hall–Kier alpha value is -1.86. The van der Waals surface area contributed by atoms with Gasteiger partial charge in [-0.2, -0.15) is 5.10 Å². The molecule has 0 bridgehead atoms. The molecule has 0 saturated heterocycles. The third kappa shape index (κ3) is 4.35. The first-order valence-corrected chi connectivity index (χ1v) is 11.1. The summed E-state index contributed by atoms with van der Waals surface area (Å²) < 4.78 is 30.4. The molecule has 7 heteroatoms. The second-order valence-electron chi connectivity index (χ2n) is 7.59. The third-order valence-electron chi connectivity index (χ3n) is 5.59. The van der Waals surface area contributed by atoms with Crippen molar-refractivity contribution in [2.24, 2.45) is 7.05 Å². The fourth-order valence-corrected chi connectivity index (χ4v) is 5.56. The molecule has 27 heavy (non-hydrogen) atoms. The number of hydrogen-bond donors (Lipinski definition) is 1. The number of sulfonamides is 1. The lowest BCUT2D eigenvalue weighted by Crippen LogP contribution is -2.33. The maximum absolute atomic E-state index is 13.0. The highest BCUT2D eigenvalue weighted by molar-refractivity contribution is 7.92. The summed E-state index contributed by atoms with van der Waals surface area (Å²) >= 11 is 0. The fraction of sp³-hybridized carbons (Fsp3) is 0.550. The van der Waals surface area contributed by atoms with Crippen molar-refractivity contribution in [3.05, 3.63) is 41.2 Å². The van der Waals surface area contributed by atoms with E-state index in [0.717, 1.165) is 12.1 Å². The molecule has 1 fully saturated rings. The molecule has 6 nitrogen and oxygen atoms in total. The lowest BCUT2D eigenvalue weighted by atomic mass is 9.94. The molecule has 0 amide bonds. The van der Waals surface area contributed by atoms with E-state index in [0.29, 0.717) is 23.1 Å². The van der Waals surface area contributed by atoms with Gasteiger partial charge in [-0.3, -0.25) is 14.3 Å². The van der Waals surface area contributed by atoms with Crippen LogP contribution in [0.1, 0.15) is 49.1 Å². The highest BCUT2D eigenvalue weighted by atomic mass is 32.2. The van der Waals surface area contributed by atoms with Gasteiger partial charge in [0.25, 0.3) is 10.0 Å². The Bertz CT molecular complexity index is 899. The lowest BCUT2D eigenvalue weighted by Gasteiger charge is -2.31. The smallest absolute Gasteiger partial charge is 0.265 e. The summed E-state index contributed by atoms with van der Waals surface area (Å²) in [4.78, 5) is 2.62. The van der Waals surface area contributed by atoms with Crippen molar-refractivity contribution in [1.82, 2.24) is 14.7 Å². The van der Waals surface area contributed by atoms with Crippen molar-refractivity contribution >= 4 is 15.7 Å². The zero-order chi connectivity index (χ0) is 19.6. The quantitative estimate of drug-likeness (QED) is 0.818. The SMILES string of the molecule is Cc1nn(C)c(C)c1S(=O)(=O)Nc1ccccc1CN(C)C1CCCCC1. The molecule has 1 aromatic carbocycles. The summed E-state index contributed by atoms with van der Waals surface area (Å²) in [5, 5.41) is 4.24. The molecule has 1 saturated carbocycles. The van der Waals surface area contributed by atoms with Gasteiger partial charge in [-0.15, -0.1) is 0 Å². The molecule has 1 heterocycles. The van der Waals surface area contributed by atoms with E-state index in [1.54, 1.807) is 25.6 Å². The van der Waals surface area contributed by atoms with Crippen LogP contribution >= 0.6 is 0 Å². The minimum absolute atomic E-state index is 0.264. The first kappa shape index (κ1) is 19.9. The van der Waals surface area contributed by atoms with Gasteiger partial charge in [0, 0.05) is 19.6 Å². The monoisotopic (exact) mass is 390 g/mol. The van der Waals surface area contributed by atoms with Gasteiger partial charge in [0.2, 0.25) is 0 Å². The van der Waals surface area contributed by atoms with Crippen LogP contribution in [0.15, 0.2) is 29.2 Å². The van der Waals surface area contributed by atoms with E-state index in [4.69, 9.17) is 0 Å². The Kier molecular flexibility index (Phi) is 5.91. The number of benzene rings is 1. The van der Waals surface area contributed by atoms with Crippen molar-refractivity contribution in [2.75, 3.05) is 11.8 Å². The molecule has 2 aromatic rings. The minimum Gasteiger partial charge on any atom is -0.299 e. The molecule has 0 unspecified atom stereocenters. The molecule has 1 aliphatic rings. The van der Waals surface area contributed by atoms with Crippen LogP contribution in [-0.4, -0.2) is 36.2 Å². The maximum atomic E-state index is 13.0. The molecule has 148 valence electrons. The number of hydrogen-bond acceptors (Lipinski definition) is 4. The number of anilines is 1. The molecule has 1 aliphatic carbocycles. The van der Waals surface area contributed by atoms with Crippen LogP contribution in [0.4, 0.5) is 5.69 Å². The van der Waals surface area contributed by atoms with Gasteiger partial charge >= 0.3 is 0 Å². The van der Waals surface area contributed by atoms with E-state index in [2.05, 4.69) is 21.8 Å². The van der Waals surface area contributed by atoms with Gasteiger partial charge in [-0.25, -0.2) is 8.42 Å². The standard InChI is InChI=1S/C20H30N4O2S/c1-15-20(16(2)24(4)21-15)27(25,26)22-19-13-9-8-10-17(19)14-23(3)18-11-6-5-7-12-18/h8-10,13,18,22H,5-7,11-12,14H2,1-4H3. The van der Waals surface area contributed by atoms with Crippen LogP contribution in [-0.2, 0) is 23.6 Å². The fourth-order valence-electron chi connectivity index (χ4n) is 4.02. The van der Waals surface area contributed by atoms with Crippen LogP contribution < -0.4 is 4.72 Å². The minimum atomic E-state index is -3.69. The van der Waals surface area contributed by atoms with Crippen LogP contribution in [0.25, 0.3) is 0 Å².